The number of H-pyrrole nitrogens is 1. The third kappa shape index (κ3) is 4.07. The third-order valence-electron chi connectivity index (χ3n) is 4.33. The second-order valence-corrected chi connectivity index (χ2v) is 7.98. The number of aryl methyl sites for hydroxylation is 1. The number of nitrogens with zero attached hydrogens (tertiary/aromatic N) is 3. The first-order valence-electron chi connectivity index (χ1n) is 8.82. The Bertz CT molecular complexity index is 1290. The van der Waals surface area contributed by atoms with Gasteiger partial charge in [0.1, 0.15) is 16.5 Å². The monoisotopic (exact) mass is 443 g/mol. The van der Waals surface area contributed by atoms with Crippen LogP contribution in [-0.2, 0) is 11.8 Å². The maximum Gasteiger partial charge on any atom is 0.263 e. The fraction of sp³-hybridized carbons (Fsp3) is 0.100. The number of rotatable bonds is 5. The molecule has 7 nitrogen and oxygen atoms in total. The van der Waals surface area contributed by atoms with Gasteiger partial charge in [0, 0.05) is 11.9 Å². The zero-order chi connectivity index (χ0) is 21.3. The van der Waals surface area contributed by atoms with Crippen LogP contribution >= 0.6 is 23.4 Å². The summed E-state index contributed by atoms with van der Waals surface area (Å²) in [6.45, 7) is 0. The molecule has 0 radical (unpaired) electrons. The van der Waals surface area contributed by atoms with Gasteiger partial charge < -0.3 is 0 Å². The van der Waals surface area contributed by atoms with E-state index in [1.807, 2.05) is 30.3 Å². The van der Waals surface area contributed by atoms with Crippen LogP contribution in [0.2, 0.25) is 5.02 Å². The number of benzene rings is 2. The molecule has 0 spiro atoms. The molecule has 0 bridgehead atoms. The van der Waals surface area contributed by atoms with Crippen molar-refractivity contribution in [2.45, 2.75) is 10.1 Å². The molecule has 1 unspecified atom stereocenters. The SMILES string of the molecule is Cn1ncc2c(=O)[nH]c(NC(=O)C(Sc3ccc(F)c(Cl)c3)c3ccccc3)nc21. The van der Waals surface area contributed by atoms with E-state index in [1.165, 1.54) is 34.8 Å². The van der Waals surface area contributed by atoms with Crippen molar-refractivity contribution in [2.24, 2.45) is 7.05 Å². The first-order valence-corrected chi connectivity index (χ1v) is 10.1. The molecule has 2 heterocycles. The fourth-order valence-corrected chi connectivity index (χ4v) is 4.17. The molecule has 0 aliphatic rings. The van der Waals surface area contributed by atoms with Crippen LogP contribution in [-0.4, -0.2) is 25.7 Å². The Hall–Kier alpha value is -3.17. The summed E-state index contributed by atoms with van der Waals surface area (Å²) in [6.07, 6.45) is 1.41. The lowest BCUT2D eigenvalue weighted by atomic mass is 10.1. The van der Waals surface area contributed by atoms with Gasteiger partial charge >= 0.3 is 0 Å². The molecular formula is C20H15ClFN5O2S. The lowest BCUT2D eigenvalue weighted by molar-refractivity contribution is -0.115. The molecular weight excluding hydrogens is 429 g/mol. The number of thioether (sulfide) groups is 1. The Labute approximate surface area is 179 Å². The molecule has 10 heteroatoms. The van der Waals surface area contributed by atoms with Gasteiger partial charge in [0.05, 0.1) is 11.2 Å². The topological polar surface area (TPSA) is 92.7 Å². The smallest absolute Gasteiger partial charge is 0.263 e. The highest BCUT2D eigenvalue weighted by Gasteiger charge is 2.23. The summed E-state index contributed by atoms with van der Waals surface area (Å²) in [7, 11) is 1.65. The van der Waals surface area contributed by atoms with Crippen molar-refractivity contribution in [3.8, 4) is 0 Å². The van der Waals surface area contributed by atoms with E-state index < -0.39 is 22.5 Å². The molecule has 0 aliphatic carbocycles. The van der Waals surface area contributed by atoms with E-state index in [0.717, 1.165) is 5.56 Å². The molecule has 1 amide bonds. The maximum absolute atomic E-state index is 13.5. The number of anilines is 1. The predicted molar refractivity (Wildman–Crippen MR) is 114 cm³/mol. The number of aromatic nitrogens is 4. The van der Waals surface area contributed by atoms with Crippen molar-refractivity contribution in [3.63, 3.8) is 0 Å². The second kappa shape index (κ2) is 8.29. The van der Waals surface area contributed by atoms with Crippen LogP contribution < -0.4 is 10.9 Å². The number of hydrogen-bond acceptors (Lipinski definition) is 5. The Balaban J connectivity index is 1.66. The third-order valence-corrected chi connectivity index (χ3v) is 5.87. The first kappa shape index (κ1) is 20.1. The van der Waals surface area contributed by atoms with Crippen LogP contribution in [0.25, 0.3) is 11.0 Å². The van der Waals surface area contributed by atoms with Crippen molar-refractivity contribution < 1.29 is 9.18 Å². The van der Waals surface area contributed by atoms with Gasteiger partial charge in [-0.15, -0.1) is 11.8 Å². The van der Waals surface area contributed by atoms with Gasteiger partial charge in [0.2, 0.25) is 11.9 Å². The number of aromatic amines is 1. The molecule has 1 atom stereocenters. The minimum absolute atomic E-state index is 0.0137. The molecule has 152 valence electrons. The standard InChI is InChI=1S/C20H15ClFN5O2S/c1-27-17-13(10-23-27)18(28)25-20(24-17)26-19(29)16(11-5-3-2-4-6-11)30-12-7-8-15(22)14(21)9-12/h2-10,16H,1H3,(H2,24,25,26,28,29). The minimum Gasteiger partial charge on any atom is -0.295 e. The van der Waals surface area contributed by atoms with E-state index >= 15 is 0 Å². The average Bonchev–Trinajstić information content (AvgIpc) is 3.10. The lowest BCUT2D eigenvalue weighted by Gasteiger charge is -2.17. The molecule has 0 fully saturated rings. The van der Waals surface area contributed by atoms with Crippen LogP contribution in [0.4, 0.5) is 10.3 Å². The summed E-state index contributed by atoms with van der Waals surface area (Å²) in [5.74, 6) is -0.927. The number of fused-ring (bicyclic) bond motifs is 1. The van der Waals surface area contributed by atoms with Crippen molar-refractivity contribution in [3.05, 3.63) is 81.5 Å². The van der Waals surface area contributed by atoms with Crippen molar-refractivity contribution in [1.29, 1.82) is 0 Å². The summed E-state index contributed by atoms with van der Waals surface area (Å²) in [4.78, 5) is 32.8. The van der Waals surface area contributed by atoms with E-state index in [-0.39, 0.29) is 11.0 Å². The molecule has 4 aromatic rings. The van der Waals surface area contributed by atoms with Crippen molar-refractivity contribution in [1.82, 2.24) is 19.7 Å². The Morgan fingerprint density at radius 1 is 1.27 bits per heavy atom. The van der Waals surface area contributed by atoms with Gasteiger partial charge in [-0.2, -0.15) is 10.1 Å². The largest absolute Gasteiger partial charge is 0.295 e. The number of carbonyl (C=O) groups excluding carboxylic acids is 1. The van der Waals surface area contributed by atoms with Crippen LogP contribution in [0.5, 0.6) is 0 Å². The van der Waals surface area contributed by atoms with Crippen LogP contribution in [0.1, 0.15) is 10.8 Å². The van der Waals surface area contributed by atoms with Crippen molar-refractivity contribution >= 4 is 46.3 Å². The molecule has 0 aliphatic heterocycles. The average molecular weight is 444 g/mol. The normalized spacial score (nSPS) is 12.1. The van der Waals surface area contributed by atoms with E-state index in [2.05, 4.69) is 20.4 Å². The predicted octanol–water partition coefficient (Wildman–Crippen LogP) is 3.92. The van der Waals surface area contributed by atoms with E-state index in [4.69, 9.17) is 11.6 Å². The lowest BCUT2D eigenvalue weighted by Crippen LogP contribution is -2.22. The molecule has 2 aromatic carbocycles. The van der Waals surface area contributed by atoms with Gasteiger partial charge in [-0.3, -0.25) is 24.6 Å². The number of carbonyl (C=O) groups is 1. The first-order chi connectivity index (χ1) is 14.4. The minimum atomic E-state index is -0.694. The highest BCUT2D eigenvalue weighted by Crippen LogP contribution is 2.37. The number of hydrogen-bond donors (Lipinski definition) is 2. The van der Waals surface area contributed by atoms with Gasteiger partial charge in [-0.05, 0) is 23.8 Å². The van der Waals surface area contributed by atoms with Crippen LogP contribution in [0.15, 0.2) is 64.4 Å². The van der Waals surface area contributed by atoms with Gasteiger partial charge in [0.25, 0.3) is 5.56 Å². The number of nitrogens with one attached hydrogen (secondary N) is 2. The Kier molecular flexibility index (Phi) is 5.56. The summed E-state index contributed by atoms with van der Waals surface area (Å²) >= 11 is 7.09. The van der Waals surface area contributed by atoms with Gasteiger partial charge in [0.15, 0.2) is 5.65 Å². The van der Waals surface area contributed by atoms with E-state index in [0.29, 0.717) is 15.9 Å². The van der Waals surface area contributed by atoms with E-state index in [1.54, 1.807) is 13.1 Å². The molecule has 2 aromatic heterocycles. The van der Waals surface area contributed by atoms with Crippen LogP contribution in [0.3, 0.4) is 0 Å². The molecule has 2 N–H and O–H groups in total. The Morgan fingerprint density at radius 3 is 2.77 bits per heavy atom. The van der Waals surface area contributed by atoms with Crippen LogP contribution in [0, 0.1) is 5.82 Å². The molecule has 30 heavy (non-hydrogen) atoms. The summed E-state index contributed by atoms with van der Waals surface area (Å²) in [5.41, 5.74) is 0.672. The van der Waals surface area contributed by atoms with Gasteiger partial charge in [-0.1, -0.05) is 41.9 Å². The number of amides is 1. The molecule has 0 saturated heterocycles. The molecule has 0 saturated carbocycles. The second-order valence-electron chi connectivity index (χ2n) is 6.39. The molecule has 4 rings (SSSR count). The summed E-state index contributed by atoms with van der Waals surface area (Å²) in [6, 6.07) is 13.4. The quantitative estimate of drug-likeness (QED) is 0.456. The van der Waals surface area contributed by atoms with Gasteiger partial charge in [-0.25, -0.2) is 4.39 Å². The fourth-order valence-electron chi connectivity index (χ4n) is 2.86. The highest BCUT2D eigenvalue weighted by atomic mass is 35.5. The number of halogens is 2. The zero-order valence-corrected chi connectivity index (χ0v) is 17.2. The zero-order valence-electron chi connectivity index (χ0n) is 15.6. The maximum atomic E-state index is 13.5. The summed E-state index contributed by atoms with van der Waals surface area (Å²) < 4.78 is 15.0. The van der Waals surface area contributed by atoms with Crippen molar-refractivity contribution in [2.75, 3.05) is 5.32 Å². The van der Waals surface area contributed by atoms with E-state index in [9.17, 15) is 14.0 Å². The highest BCUT2D eigenvalue weighted by molar-refractivity contribution is 8.00. The Morgan fingerprint density at radius 2 is 2.03 bits per heavy atom. The summed E-state index contributed by atoms with van der Waals surface area (Å²) in [5, 5.41) is 6.27.